The van der Waals surface area contributed by atoms with E-state index in [-0.39, 0.29) is 5.78 Å². The van der Waals surface area contributed by atoms with Gasteiger partial charge in [-0.15, -0.1) is 0 Å². The van der Waals surface area contributed by atoms with Gasteiger partial charge in [-0.05, 0) is 5.56 Å². The largest absolute Gasteiger partial charge is 0.320 e. The van der Waals surface area contributed by atoms with Crippen LogP contribution in [0.1, 0.15) is 21.5 Å². The lowest BCUT2D eigenvalue weighted by atomic mass is 10.0. The Morgan fingerprint density at radius 3 is 1.71 bits per heavy atom. The molecule has 0 N–H and O–H groups in total. The number of Topliss-reactive ketones (excluding diaryl/α,β-unsaturated/α-hetero) is 1. The number of carbonyl (C=O) groups excluding carboxylic acids is 1. The lowest BCUT2D eigenvalue weighted by molar-refractivity contribution is 0.106. The van der Waals surface area contributed by atoms with Crippen LogP contribution < -0.4 is 0 Å². The fraction of sp³-hybridized carbons (Fsp3) is 0.167. The molecule has 0 aliphatic carbocycles. The van der Waals surface area contributed by atoms with Crippen molar-refractivity contribution in [3.05, 3.63) is 108 Å². The number of hydrogen-bond donors (Lipinski definition) is 0. The van der Waals surface area contributed by atoms with Gasteiger partial charge in [-0.2, -0.15) is 5.10 Å². The summed E-state index contributed by atoms with van der Waals surface area (Å²) in [5.41, 5.74) is 3.17. The lowest BCUT2D eigenvalue weighted by Gasteiger charge is -2.32. The zero-order valence-electron chi connectivity index (χ0n) is 16.7. The zero-order chi connectivity index (χ0) is 20.0. The van der Waals surface area contributed by atoms with Crippen LogP contribution in [0.2, 0.25) is 19.6 Å². The third kappa shape index (κ3) is 5.05. The molecule has 0 spiro atoms. The van der Waals surface area contributed by atoms with Crippen molar-refractivity contribution < 1.29 is 4.79 Å². The molecule has 3 aromatic rings. The van der Waals surface area contributed by atoms with E-state index in [1.54, 1.807) is 0 Å². The monoisotopic (exact) mass is 386 g/mol. The van der Waals surface area contributed by atoms with E-state index in [1.807, 2.05) is 78.9 Å². The maximum absolute atomic E-state index is 13.3. The molecule has 0 aromatic heterocycles. The minimum Gasteiger partial charge on any atom is -0.320 e. The molecule has 142 valence electrons. The van der Waals surface area contributed by atoms with Crippen LogP contribution in [0.4, 0.5) is 0 Å². The van der Waals surface area contributed by atoms with Crippen molar-refractivity contribution >= 4 is 19.7 Å². The van der Waals surface area contributed by atoms with Crippen LogP contribution in [0.25, 0.3) is 0 Å². The molecule has 3 nitrogen and oxygen atoms in total. The van der Waals surface area contributed by atoms with Gasteiger partial charge in [0.25, 0.3) is 0 Å². The molecule has 0 heterocycles. The normalized spacial score (nSPS) is 11.9. The van der Waals surface area contributed by atoms with Crippen molar-refractivity contribution in [3.8, 4) is 0 Å². The minimum absolute atomic E-state index is 0.0527. The summed E-state index contributed by atoms with van der Waals surface area (Å²) in [4.78, 5) is 13.3. The summed E-state index contributed by atoms with van der Waals surface area (Å²) in [5, 5.41) is 4.95. The predicted octanol–water partition coefficient (Wildman–Crippen LogP) is 5.61. The van der Waals surface area contributed by atoms with Crippen LogP contribution in [0.15, 0.2) is 96.1 Å². The highest BCUT2D eigenvalue weighted by Crippen LogP contribution is 2.18. The lowest BCUT2D eigenvalue weighted by Crippen LogP contribution is -2.43. The van der Waals surface area contributed by atoms with Crippen molar-refractivity contribution in [1.29, 1.82) is 0 Å². The average Bonchev–Trinajstić information content (AvgIpc) is 2.72. The minimum atomic E-state index is -1.82. The number of nitrogens with zero attached hydrogens (tertiary/aromatic N) is 2. The molecular weight excluding hydrogens is 360 g/mol. The van der Waals surface area contributed by atoms with Gasteiger partial charge in [0.05, 0.1) is 6.54 Å². The van der Waals surface area contributed by atoms with Crippen LogP contribution in [-0.4, -0.2) is 24.4 Å². The smallest absolute Gasteiger partial charge is 0.213 e. The summed E-state index contributed by atoms with van der Waals surface area (Å²) in [6.45, 7) is 7.42. The Morgan fingerprint density at radius 2 is 1.21 bits per heavy atom. The Morgan fingerprint density at radius 1 is 0.750 bits per heavy atom. The molecule has 4 heteroatoms. The van der Waals surface area contributed by atoms with Crippen LogP contribution in [0.5, 0.6) is 0 Å². The Balaban J connectivity index is 2.06. The van der Waals surface area contributed by atoms with Gasteiger partial charge in [0, 0.05) is 11.1 Å². The molecule has 0 bridgehead atoms. The summed E-state index contributed by atoms with van der Waals surface area (Å²) in [6.07, 6.45) is 0. The number of hydrazone groups is 1. The van der Waals surface area contributed by atoms with E-state index >= 15 is 0 Å². The molecule has 3 aromatic carbocycles. The summed E-state index contributed by atoms with van der Waals surface area (Å²) in [7, 11) is -1.82. The molecule has 28 heavy (non-hydrogen) atoms. The molecular formula is C24H26N2OSi. The van der Waals surface area contributed by atoms with Gasteiger partial charge in [-0.1, -0.05) is 111 Å². The molecule has 0 radical (unpaired) electrons. The highest BCUT2D eigenvalue weighted by Gasteiger charge is 2.26. The van der Waals surface area contributed by atoms with Crippen LogP contribution in [-0.2, 0) is 6.54 Å². The first-order chi connectivity index (χ1) is 13.4. The van der Waals surface area contributed by atoms with Gasteiger partial charge in [-0.3, -0.25) is 4.79 Å². The van der Waals surface area contributed by atoms with Gasteiger partial charge >= 0.3 is 0 Å². The van der Waals surface area contributed by atoms with Gasteiger partial charge in [0.15, 0.2) is 8.24 Å². The Bertz CT molecular complexity index is 933. The van der Waals surface area contributed by atoms with Crippen molar-refractivity contribution in [2.75, 3.05) is 0 Å². The number of rotatable bonds is 7. The van der Waals surface area contributed by atoms with E-state index < -0.39 is 8.24 Å². The molecule has 0 aliphatic heterocycles. The van der Waals surface area contributed by atoms with E-state index in [9.17, 15) is 4.79 Å². The summed E-state index contributed by atoms with van der Waals surface area (Å²) in [6, 6.07) is 29.4. The van der Waals surface area contributed by atoms with Gasteiger partial charge in [-0.25, -0.2) is 0 Å². The van der Waals surface area contributed by atoms with Crippen LogP contribution >= 0.6 is 0 Å². The molecule has 0 amide bonds. The number of carbonyl (C=O) groups is 1. The Hall–Kier alpha value is -2.98. The average molecular weight is 387 g/mol. The topological polar surface area (TPSA) is 32.7 Å². The maximum Gasteiger partial charge on any atom is 0.213 e. The van der Waals surface area contributed by atoms with Gasteiger partial charge in [0.2, 0.25) is 5.78 Å². The van der Waals surface area contributed by atoms with Crippen molar-refractivity contribution in [2.45, 2.75) is 26.2 Å². The summed E-state index contributed by atoms with van der Waals surface area (Å²) < 4.78 is 2.13. The summed E-state index contributed by atoms with van der Waals surface area (Å²) >= 11 is 0. The van der Waals surface area contributed by atoms with Gasteiger partial charge in [0.1, 0.15) is 5.71 Å². The number of hydrogen-bond acceptors (Lipinski definition) is 3. The molecule has 3 rings (SSSR count). The van der Waals surface area contributed by atoms with Crippen molar-refractivity contribution in [2.24, 2.45) is 5.10 Å². The fourth-order valence-corrected chi connectivity index (χ4v) is 3.91. The zero-order valence-corrected chi connectivity index (χ0v) is 17.7. The second-order valence-electron chi connectivity index (χ2n) is 7.72. The first-order valence-corrected chi connectivity index (χ1v) is 13.0. The van der Waals surface area contributed by atoms with Crippen molar-refractivity contribution in [1.82, 2.24) is 4.67 Å². The second-order valence-corrected chi connectivity index (χ2v) is 12.6. The Kier molecular flexibility index (Phi) is 6.22. The van der Waals surface area contributed by atoms with Crippen LogP contribution in [0.3, 0.4) is 0 Å². The third-order valence-electron chi connectivity index (χ3n) is 4.47. The predicted molar refractivity (Wildman–Crippen MR) is 119 cm³/mol. The van der Waals surface area contributed by atoms with E-state index in [0.29, 0.717) is 17.8 Å². The molecule has 0 saturated heterocycles. The molecule has 0 unspecified atom stereocenters. The number of benzene rings is 3. The second kappa shape index (κ2) is 8.80. The highest BCUT2D eigenvalue weighted by atomic mass is 28.3. The third-order valence-corrected chi connectivity index (χ3v) is 6.28. The fourth-order valence-electron chi connectivity index (χ4n) is 2.86. The highest BCUT2D eigenvalue weighted by molar-refractivity contribution is 6.73. The van der Waals surface area contributed by atoms with Crippen LogP contribution in [0, 0.1) is 0 Å². The van der Waals surface area contributed by atoms with E-state index in [4.69, 9.17) is 5.10 Å². The first kappa shape index (κ1) is 19.8. The Labute approximate surface area is 168 Å². The van der Waals surface area contributed by atoms with Gasteiger partial charge < -0.3 is 4.67 Å². The quantitative estimate of drug-likeness (QED) is 0.229. The molecule has 0 fully saturated rings. The van der Waals surface area contributed by atoms with E-state index in [1.165, 1.54) is 5.56 Å². The first-order valence-electron chi connectivity index (χ1n) is 9.50. The number of ketones is 1. The van der Waals surface area contributed by atoms with E-state index in [2.05, 4.69) is 36.4 Å². The maximum atomic E-state index is 13.3. The molecule has 0 aliphatic rings. The van der Waals surface area contributed by atoms with Crippen molar-refractivity contribution in [3.63, 3.8) is 0 Å². The molecule has 0 atom stereocenters. The molecule has 0 saturated carbocycles. The standard InChI is InChI=1S/C24H26N2OSi/c1-28(2,3)26(19-20-13-7-4-8-14-20)25-23(21-15-9-5-10-16-21)24(27)22-17-11-6-12-18-22/h4-18H,19H2,1-3H3. The summed E-state index contributed by atoms with van der Waals surface area (Å²) in [5.74, 6) is -0.0527. The SMILES string of the molecule is C[Si](C)(C)N(Cc1ccccc1)N=C(C(=O)c1ccccc1)c1ccccc1. The van der Waals surface area contributed by atoms with E-state index in [0.717, 1.165) is 5.56 Å².